The fraction of sp³-hybridized carbons (Fsp3) is 0.286. The SMILES string of the molecule is COc1ccc(OC(C)c2nnc(SC(C)C(=O)Nc3ccc(F)c(Cl)c3)n2C)cc1. The first-order chi connectivity index (χ1) is 14.8. The van der Waals surface area contributed by atoms with Gasteiger partial charge in [-0.1, -0.05) is 23.4 Å². The predicted octanol–water partition coefficient (Wildman–Crippen LogP) is 4.88. The number of thioether (sulfide) groups is 1. The summed E-state index contributed by atoms with van der Waals surface area (Å²) < 4.78 is 26.2. The quantitative estimate of drug-likeness (QED) is 0.479. The van der Waals surface area contributed by atoms with Crippen LogP contribution in [0.3, 0.4) is 0 Å². The largest absolute Gasteiger partial charge is 0.497 e. The van der Waals surface area contributed by atoms with Crippen molar-refractivity contribution in [1.82, 2.24) is 14.8 Å². The van der Waals surface area contributed by atoms with Gasteiger partial charge in [0.15, 0.2) is 17.1 Å². The van der Waals surface area contributed by atoms with Gasteiger partial charge in [0.05, 0.1) is 17.4 Å². The number of hydrogen-bond acceptors (Lipinski definition) is 6. The van der Waals surface area contributed by atoms with Gasteiger partial charge in [-0.15, -0.1) is 10.2 Å². The van der Waals surface area contributed by atoms with E-state index < -0.39 is 11.1 Å². The lowest BCUT2D eigenvalue weighted by atomic mass is 10.3. The minimum atomic E-state index is -0.542. The maximum atomic E-state index is 13.3. The molecule has 164 valence electrons. The molecule has 3 rings (SSSR count). The average Bonchev–Trinajstić information content (AvgIpc) is 3.11. The second-order valence-electron chi connectivity index (χ2n) is 6.71. The van der Waals surface area contributed by atoms with E-state index >= 15 is 0 Å². The Morgan fingerprint density at radius 1 is 1.16 bits per heavy atom. The summed E-state index contributed by atoms with van der Waals surface area (Å²) >= 11 is 7.01. The molecule has 0 bridgehead atoms. The second kappa shape index (κ2) is 10.0. The Labute approximate surface area is 188 Å². The molecule has 0 aliphatic carbocycles. The van der Waals surface area contributed by atoms with Crippen LogP contribution in [0.25, 0.3) is 0 Å². The molecule has 1 amide bonds. The number of carbonyl (C=O) groups is 1. The van der Waals surface area contributed by atoms with Crippen molar-refractivity contribution in [3.05, 3.63) is 59.1 Å². The van der Waals surface area contributed by atoms with Crippen LogP contribution in [0.1, 0.15) is 25.8 Å². The van der Waals surface area contributed by atoms with E-state index in [1.54, 1.807) is 18.6 Å². The monoisotopic (exact) mass is 464 g/mol. The van der Waals surface area contributed by atoms with E-state index in [0.29, 0.717) is 22.4 Å². The number of nitrogens with zero attached hydrogens (tertiary/aromatic N) is 3. The first kappa shape index (κ1) is 22.9. The molecule has 1 heterocycles. The fourth-order valence-corrected chi connectivity index (χ4v) is 3.73. The highest BCUT2D eigenvalue weighted by Crippen LogP contribution is 2.27. The minimum Gasteiger partial charge on any atom is -0.497 e. The molecule has 3 aromatic rings. The summed E-state index contributed by atoms with van der Waals surface area (Å²) in [5, 5.41) is 11.2. The van der Waals surface area contributed by atoms with Gasteiger partial charge >= 0.3 is 0 Å². The molecule has 0 aliphatic heterocycles. The number of hydrogen-bond donors (Lipinski definition) is 1. The molecule has 31 heavy (non-hydrogen) atoms. The molecule has 2 aromatic carbocycles. The number of carbonyl (C=O) groups excluding carboxylic acids is 1. The Morgan fingerprint density at radius 3 is 2.48 bits per heavy atom. The van der Waals surface area contributed by atoms with Crippen molar-refractivity contribution in [2.45, 2.75) is 30.4 Å². The Bertz CT molecular complexity index is 1060. The summed E-state index contributed by atoms with van der Waals surface area (Å²) in [5.41, 5.74) is 0.420. The van der Waals surface area contributed by atoms with E-state index in [4.69, 9.17) is 21.1 Å². The molecular formula is C21H22ClFN4O3S. The normalized spacial score (nSPS) is 12.8. The van der Waals surface area contributed by atoms with Gasteiger partial charge in [-0.25, -0.2) is 4.39 Å². The van der Waals surface area contributed by atoms with Crippen LogP contribution in [0, 0.1) is 5.82 Å². The molecule has 2 atom stereocenters. The van der Waals surface area contributed by atoms with Crippen molar-refractivity contribution in [3.8, 4) is 11.5 Å². The molecular weight excluding hydrogens is 443 g/mol. The summed E-state index contributed by atoms with van der Waals surface area (Å²) in [5.74, 6) is 1.24. The summed E-state index contributed by atoms with van der Waals surface area (Å²) in [6.07, 6.45) is -0.356. The van der Waals surface area contributed by atoms with Crippen molar-refractivity contribution >= 4 is 35.0 Å². The third-order valence-electron chi connectivity index (χ3n) is 4.44. The summed E-state index contributed by atoms with van der Waals surface area (Å²) in [6, 6.07) is 11.3. The van der Waals surface area contributed by atoms with Crippen molar-refractivity contribution < 1.29 is 18.7 Å². The lowest BCUT2D eigenvalue weighted by Crippen LogP contribution is -2.23. The highest BCUT2D eigenvalue weighted by molar-refractivity contribution is 8.00. The van der Waals surface area contributed by atoms with Crippen LogP contribution in [0.4, 0.5) is 10.1 Å². The Morgan fingerprint density at radius 2 is 1.84 bits per heavy atom. The average molecular weight is 465 g/mol. The molecule has 10 heteroatoms. The van der Waals surface area contributed by atoms with E-state index in [1.165, 1.54) is 30.0 Å². The Balaban J connectivity index is 1.62. The van der Waals surface area contributed by atoms with Crippen molar-refractivity contribution in [3.63, 3.8) is 0 Å². The van der Waals surface area contributed by atoms with Gasteiger partial charge in [-0.2, -0.15) is 0 Å². The van der Waals surface area contributed by atoms with Crippen LogP contribution < -0.4 is 14.8 Å². The number of benzene rings is 2. The molecule has 7 nitrogen and oxygen atoms in total. The zero-order valence-electron chi connectivity index (χ0n) is 17.4. The molecule has 0 fully saturated rings. The summed E-state index contributed by atoms with van der Waals surface area (Å²) in [6.45, 7) is 3.62. The van der Waals surface area contributed by atoms with Crippen LogP contribution in [0.2, 0.25) is 5.02 Å². The number of rotatable bonds is 8. The Hall–Kier alpha value is -2.78. The van der Waals surface area contributed by atoms with Gasteiger partial charge in [0, 0.05) is 12.7 Å². The molecule has 1 aromatic heterocycles. The topological polar surface area (TPSA) is 78.3 Å². The van der Waals surface area contributed by atoms with Gasteiger partial charge < -0.3 is 19.4 Å². The predicted molar refractivity (Wildman–Crippen MR) is 118 cm³/mol. The summed E-state index contributed by atoms with van der Waals surface area (Å²) in [4.78, 5) is 12.5. The molecule has 1 N–H and O–H groups in total. The molecule has 0 aliphatic rings. The molecule has 0 radical (unpaired) electrons. The van der Waals surface area contributed by atoms with Crippen LogP contribution in [-0.2, 0) is 11.8 Å². The van der Waals surface area contributed by atoms with Crippen LogP contribution in [-0.4, -0.2) is 33.0 Å². The lowest BCUT2D eigenvalue weighted by molar-refractivity contribution is -0.115. The zero-order valence-corrected chi connectivity index (χ0v) is 19.0. The van der Waals surface area contributed by atoms with Gasteiger partial charge in [0.2, 0.25) is 5.91 Å². The number of anilines is 1. The molecule has 0 spiro atoms. The number of nitrogens with one attached hydrogen (secondary N) is 1. The van der Waals surface area contributed by atoms with Gasteiger partial charge in [0.25, 0.3) is 0 Å². The number of ether oxygens (including phenoxy) is 2. The number of halogens is 2. The first-order valence-electron chi connectivity index (χ1n) is 9.41. The number of methoxy groups -OCH3 is 1. The van der Waals surface area contributed by atoms with Crippen molar-refractivity contribution in [1.29, 1.82) is 0 Å². The second-order valence-corrected chi connectivity index (χ2v) is 8.43. The van der Waals surface area contributed by atoms with E-state index in [2.05, 4.69) is 15.5 Å². The van der Waals surface area contributed by atoms with Crippen LogP contribution >= 0.6 is 23.4 Å². The first-order valence-corrected chi connectivity index (χ1v) is 10.7. The van der Waals surface area contributed by atoms with Crippen molar-refractivity contribution in [2.75, 3.05) is 12.4 Å². The standard InChI is InChI=1S/C21H22ClFN4O3S/c1-12(30-16-8-6-15(29-4)7-9-16)19-25-26-21(27(19)3)31-13(2)20(28)24-14-5-10-18(23)17(22)11-14/h5-13H,1-4H3,(H,24,28). The highest BCUT2D eigenvalue weighted by Gasteiger charge is 2.22. The van der Waals surface area contributed by atoms with E-state index in [1.807, 2.05) is 38.2 Å². The van der Waals surface area contributed by atoms with Gasteiger partial charge in [-0.3, -0.25) is 4.79 Å². The third kappa shape index (κ3) is 5.68. The maximum absolute atomic E-state index is 13.3. The minimum absolute atomic E-state index is 0.0538. The number of amides is 1. The Kier molecular flexibility index (Phi) is 7.40. The number of aromatic nitrogens is 3. The maximum Gasteiger partial charge on any atom is 0.237 e. The van der Waals surface area contributed by atoms with Crippen LogP contribution in [0.5, 0.6) is 11.5 Å². The van der Waals surface area contributed by atoms with E-state index in [-0.39, 0.29) is 17.0 Å². The smallest absolute Gasteiger partial charge is 0.237 e. The zero-order chi connectivity index (χ0) is 22.5. The van der Waals surface area contributed by atoms with E-state index in [9.17, 15) is 9.18 Å². The fourth-order valence-electron chi connectivity index (χ4n) is 2.72. The summed E-state index contributed by atoms with van der Waals surface area (Å²) in [7, 11) is 3.42. The highest BCUT2D eigenvalue weighted by atomic mass is 35.5. The molecule has 0 saturated carbocycles. The van der Waals surface area contributed by atoms with Gasteiger partial charge in [0.1, 0.15) is 17.3 Å². The molecule has 2 unspecified atom stereocenters. The van der Waals surface area contributed by atoms with Gasteiger partial charge in [-0.05, 0) is 56.3 Å². The van der Waals surface area contributed by atoms with Crippen molar-refractivity contribution in [2.24, 2.45) is 7.05 Å². The van der Waals surface area contributed by atoms with E-state index in [0.717, 1.165) is 5.75 Å². The van der Waals surface area contributed by atoms with Crippen LogP contribution in [0.15, 0.2) is 47.6 Å². The third-order valence-corrected chi connectivity index (χ3v) is 5.87. The lowest BCUT2D eigenvalue weighted by Gasteiger charge is -2.15. The molecule has 0 saturated heterocycles.